The molecule has 108 valence electrons. The van der Waals surface area contributed by atoms with Crippen LogP contribution in [0.3, 0.4) is 0 Å². The highest BCUT2D eigenvalue weighted by Gasteiger charge is 2.23. The number of hydrogen-bond acceptors (Lipinski definition) is 2. The fourth-order valence-corrected chi connectivity index (χ4v) is 2.73. The lowest BCUT2D eigenvalue weighted by atomic mass is 10.0. The van der Waals surface area contributed by atoms with Gasteiger partial charge < -0.3 is 10.6 Å². The van der Waals surface area contributed by atoms with Gasteiger partial charge >= 0.3 is 0 Å². The Morgan fingerprint density at radius 1 is 1.14 bits per heavy atom. The molecule has 2 N–H and O–H groups in total. The minimum atomic E-state index is -0.196. The van der Waals surface area contributed by atoms with Gasteiger partial charge in [-0.2, -0.15) is 0 Å². The lowest BCUT2D eigenvalue weighted by molar-refractivity contribution is -0.116. The van der Waals surface area contributed by atoms with Crippen molar-refractivity contribution in [1.29, 1.82) is 0 Å². The molecule has 0 bridgehead atoms. The molecule has 2 aromatic carbocycles. The second-order valence-electron chi connectivity index (χ2n) is 5.70. The van der Waals surface area contributed by atoms with Crippen molar-refractivity contribution in [2.24, 2.45) is 0 Å². The van der Waals surface area contributed by atoms with E-state index in [1.807, 2.05) is 18.2 Å². The SMILES string of the molecule is Cc1ccc(C)c(NC2CCc3ccccc3NC2=O)c1. The van der Waals surface area contributed by atoms with Crippen LogP contribution < -0.4 is 10.6 Å². The van der Waals surface area contributed by atoms with Crippen molar-refractivity contribution in [3.05, 3.63) is 59.2 Å². The lowest BCUT2D eigenvalue weighted by Crippen LogP contribution is -2.33. The van der Waals surface area contributed by atoms with Gasteiger partial charge in [0.25, 0.3) is 0 Å². The lowest BCUT2D eigenvalue weighted by Gasteiger charge is -2.18. The fourth-order valence-electron chi connectivity index (χ4n) is 2.73. The van der Waals surface area contributed by atoms with E-state index in [2.05, 4.69) is 48.7 Å². The average Bonchev–Trinajstić information content (AvgIpc) is 2.62. The molecule has 1 amide bonds. The van der Waals surface area contributed by atoms with Crippen LogP contribution in [0.25, 0.3) is 0 Å². The first-order valence-corrected chi connectivity index (χ1v) is 7.36. The van der Waals surface area contributed by atoms with Crippen LogP contribution in [-0.4, -0.2) is 11.9 Å². The Balaban J connectivity index is 1.81. The van der Waals surface area contributed by atoms with Crippen molar-refractivity contribution >= 4 is 17.3 Å². The van der Waals surface area contributed by atoms with Gasteiger partial charge in [-0.15, -0.1) is 0 Å². The molecule has 1 aliphatic heterocycles. The topological polar surface area (TPSA) is 41.1 Å². The Morgan fingerprint density at radius 3 is 2.81 bits per heavy atom. The highest BCUT2D eigenvalue weighted by atomic mass is 16.2. The Labute approximate surface area is 125 Å². The third-order valence-corrected chi connectivity index (χ3v) is 4.02. The number of aryl methyl sites for hydroxylation is 3. The van der Waals surface area contributed by atoms with Gasteiger partial charge in [-0.1, -0.05) is 30.3 Å². The number of rotatable bonds is 2. The van der Waals surface area contributed by atoms with Gasteiger partial charge in [-0.3, -0.25) is 4.79 Å². The summed E-state index contributed by atoms with van der Waals surface area (Å²) in [5.74, 6) is 0.0425. The van der Waals surface area contributed by atoms with Gasteiger partial charge in [-0.25, -0.2) is 0 Å². The van der Waals surface area contributed by atoms with Gasteiger partial charge in [0, 0.05) is 11.4 Å². The van der Waals surface area contributed by atoms with Crippen molar-refractivity contribution < 1.29 is 4.79 Å². The number of amides is 1. The molecule has 21 heavy (non-hydrogen) atoms. The monoisotopic (exact) mass is 280 g/mol. The van der Waals surface area contributed by atoms with Crippen LogP contribution in [0.1, 0.15) is 23.1 Å². The molecule has 0 aromatic heterocycles. The van der Waals surface area contributed by atoms with Crippen LogP contribution in [0, 0.1) is 13.8 Å². The van der Waals surface area contributed by atoms with Crippen LogP contribution in [-0.2, 0) is 11.2 Å². The second kappa shape index (κ2) is 5.60. The van der Waals surface area contributed by atoms with Gasteiger partial charge in [0.2, 0.25) is 5.91 Å². The summed E-state index contributed by atoms with van der Waals surface area (Å²) in [4.78, 5) is 12.4. The predicted molar refractivity (Wildman–Crippen MR) is 86.7 cm³/mol. The standard InChI is InChI=1S/C18H20N2O/c1-12-7-8-13(2)17(11-12)19-16-10-9-14-5-3-4-6-15(14)20-18(16)21/h3-8,11,16,19H,9-10H2,1-2H3,(H,20,21). The summed E-state index contributed by atoms with van der Waals surface area (Å²) in [6.07, 6.45) is 1.70. The molecule has 1 heterocycles. The summed E-state index contributed by atoms with van der Waals surface area (Å²) in [7, 11) is 0. The van der Waals surface area contributed by atoms with Crippen molar-refractivity contribution in [1.82, 2.24) is 0 Å². The van der Waals surface area contributed by atoms with Crippen LogP contribution in [0.2, 0.25) is 0 Å². The van der Waals surface area contributed by atoms with Crippen molar-refractivity contribution in [3.63, 3.8) is 0 Å². The summed E-state index contributed by atoms with van der Waals surface area (Å²) < 4.78 is 0. The van der Waals surface area contributed by atoms with E-state index in [4.69, 9.17) is 0 Å². The van der Waals surface area contributed by atoms with E-state index in [9.17, 15) is 4.79 Å². The third kappa shape index (κ3) is 2.92. The molecular weight excluding hydrogens is 260 g/mol. The minimum absolute atomic E-state index is 0.0425. The molecule has 0 fully saturated rings. The summed E-state index contributed by atoms with van der Waals surface area (Å²) in [5, 5.41) is 6.43. The Morgan fingerprint density at radius 2 is 1.95 bits per heavy atom. The van der Waals surface area contributed by atoms with E-state index >= 15 is 0 Å². The molecule has 0 saturated heterocycles. The number of benzene rings is 2. The van der Waals surface area contributed by atoms with Crippen LogP contribution in [0.15, 0.2) is 42.5 Å². The highest BCUT2D eigenvalue weighted by molar-refractivity contribution is 5.98. The molecule has 0 saturated carbocycles. The molecule has 3 heteroatoms. The fraction of sp³-hybridized carbons (Fsp3) is 0.278. The zero-order chi connectivity index (χ0) is 14.8. The average molecular weight is 280 g/mol. The summed E-state index contributed by atoms with van der Waals surface area (Å²) >= 11 is 0. The normalized spacial score (nSPS) is 17.6. The number of carbonyl (C=O) groups is 1. The summed E-state index contributed by atoms with van der Waals surface area (Å²) in [6, 6.07) is 14.1. The number of hydrogen-bond donors (Lipinski definition) is 2. The second-order valence-corrected chi connectivity index (χ2v) is 5.70. The van der Waals surface area contributed by atoms with Gasteiger partial charge in [-0.05, 0) is 55.5 Å². The van der Waals surface area contributed by atoms with Crippen LogP contribution >= 0.6 is 0 Å². The molecule has 0 radical (unpaired) electrons. The van der Waals surface area contributed by atoms with E-state index in [1.54, 1.807) is 0 Å². The minimum Gasteiger partial charge on any atom is -0.373 e. The van der Waals surface area contributed by atoms with Crippen molar-refractivity contribution in [2.75, 3.05) is 10.6 Å². The number of anilines is 2. The van der Waals surface area contributed by atoms with E-state index < -0.39 is 0 Å². The zero-order valence-corrected chi connectivity index (χ0v) is 12.4. The third-order valence-electron chi connectivity index (χ3n) is 4.02. The van der Waals surface area contributed by atoms with Crippen molar-refractivity contribution in [3.8, 4) is 0 Å². The molecule has 0 spiro atoms. The van der Waals surface area contributed by atoms with Crippen LogP contribution in [0.5, 0.6) is 0 Å². The largest absolute Gasteiger partial charge is 0.373 e. The maximum Gasteiger partial charge on any atom is 0.246 e. The smallest absolute Gasteiger partial charge is 0.246 e. The van der Waals surface area contributed by atoms with E-state index in [-0.39, 0.29) is 11.9 Å². The quantitative estimate of drug-likeness (QED) is 0.881. The highest BCUT2D eigenvalue weighted by Crippen LogP contribution is 2.24. The predicted octanol–water partition coefficient (Wildman–Crippen LogP) is 3.67. The first-order valence-electron chi connectivity index (χ1n) is 7.36. The molecular formula is C18H20N2O. The molecule has 1 unspecified atom stereocenters. The molecule has 3 rings (SSSR count). The molecule has 1 aliphatic rings. The van der Waals surface area contributed by atoms with E-state index in [0.717, 1.165) is 29.8 Å². The van der Waals surface area contributed by atoms with E-state index in [0.29, 0.717) is 0 Å². The molecule has 1 atom stereocenters. The van der Waals surface area contributed by atoms with Crippen LogP contribution in [0.4, 0.5) is 11.4 Å². The summed E-state index contributed by atoms with van der Waals surface area (Å²) in [6.45, 7) is 4.12. The Hall–Kier alpha value is -2.29. The first kappa shape index (κ1) is 13.7. The zero-order valence-electron chi connectivity index (χ0n) is 12.4. The number of fused-ring (bicyclic) bond motifs is 1. The molecule has 3 nitrogen and oxygen atoms in total. The number of para-hydroxylation sites is 1. The van der Waals surface area contributed by atoms with Gasteiger partial charge in [0.1, 0.15) is 6.04 Å². The maximum atomic E-state index is 12.4. The molecule has 2 aromatic rings. The van der Waals surface area contributed by atoms with E-state index in [1.165, 1.54) is 11.1 Å². The molecule has 0 aliphatic carbocycles. The Kier molecular flexibility index (Phi) is 3.65. The maximum absolute atomic E-state index is 12.4. The first-order chi connectivity index (χ1) is 10.1. The van der Waals surface area contributed by atoms with Crippen molar-refractivity contribution in [2.45, 2.75) is 32.7 Å². The summed E-state index contributed by atoms with van der Waals surface area (Å²) in [5.41, 5.74) is 5.54. The van der Waals surface area contributed by atoms with Gasteiger partial charge in [0.15, 0.2) is 0 Å². The van der Waals surface area contributed by atoms with Gasteiger partial charge in [0.05, 0.1) is 0 Å². The number of carbonyl (C=O) groups excluding carboxylic acids is 1. The number of nitrogens with one attached hydrogen (secondary N) is 2. The Bertz CT molecular complexity index is 679.